The van der Waals surface area contributed by atoms with E-state index in [2.05, 4.69) is 73.1 Å². The Morgan fingerprint density at radius 1 is 0.562 bits per heavy atom. The first-order chi connectivity index (χ1) is 23.5. The van der Waals surface area contributed by atoms with Gasteiger partial charge in [0.2, 0.25) is 11.8 Å². The highest BCUT2D eigenvalue weighted by molar-refractivity contribution is 5.86. The van der Waals surface area contributed by atoms with E-state index in [1.807, 2.05) is 0 Å². The van der Waals surface area contributed by atoms with E-state index < -0.39 is 24.5 Å². The fourth-order valence-corrected chi connectivity index (χ4v) is 5.20. The molecule has 7 heteroatoms. The van der Waals surface area contributed by atoms with Crippen LogP contribution in [0.5, 0.6) is 0 Å². The summed E-state index contributed by atoms with van der Waals surface area (Å²) in [6.45, 7) is 3.96. The molecule has 3 N–H and O–H groups in total. The molecule has 1 unspecified atom stereocenters. The van der Waals surface area contributed by atoms with Gasteiger partial charge in [0.1, 0.15) is 12.6 Å². The van der Waals surface area contributed by atoms with Crippen LogP contribution in [0.15, 0.2) is 48.6 Å². The maximum absolute atomic E-state index is 12.6. The number of nitrogens with one attached hydrogen (secondary N) is 2. The van der Waals surface area contributed by atoms with Crippen LogP contribution >= 0.6 is 0 Å². The normalized spacial score (nSPS) is 12.5. The van der Waals surface area contributed by atoms with Crippen LogP contribution < -0.4 is 10.6 Å². The molecule has 276 valence electrons. The third-order valence-corrected chi connectivity index (χ3v) is 8.21. The standard InChI is InChI=1S/C41H72N2O5/c1-3-5-7-9-11-13-15-17-19-21-23-25-27-29-31-33-35-48-41(47)38(43-40(46)37-44)36-42-39(45)34-32-30-28-26-24-22-20-18-16-14-12-10-8-6-4-2/h11-14,17-20,38,44H,3-10,15-16,21-37H2,1-2H3,(H,42,45)(H,43,46)/b13-11-,14-12-,19-17-,20-18-. The second-order valence-corrected chi connectivity index (χ2v) is 12.8. The molecular formula is C41H72N2O5. The SMILES string of the molecule is CCCCC/C=C\C/C=C\CCCCCCCCOC(=O)C(CNC(=O)CCCCCCC/C=C\C/C=C\CCCCC)NC(=O)CO. The van der Waals surface area contributed by atoms with Gasteiger partial charge in [0.25, 0.3) is 0 Å². The van der Waals surface area contributed by atoms with Gasteiger partial charge in [0.05, 0.1) is 6.61 Å². The van der Waals surface area contributed by atoms with E-state index in [0.29, 0.717) is 6.42 Å². The fraction of sp³-hybridized carbons (Fsp3) is 0.732. The first-order valence-electron chi connectivity index (χ1n) is 19.5. The third kappa shape index (κ3) is 33.2. The van der Waals surface area contributed by atoms with E-state index >= 15 is 0 Å². The lowest BCUT2D eigenvalue weighted by atomic mass is 10.1. The van der Waals surface area contributed by atoms with Crippen molar-refractivity contribution in [2.75, 3.05) is 19.8 Å². The van der Waals surface area contributed by atoms with Crippen molar-refractivity contribution in [2.24, 2.45) is 0 Å². The van der Waals surface area contributed by atoms with Crippen molar-refractivity contribution in [1.29, 1.82) is 0 Å². The second-order valence-electron chi connectivity index (χ2n) is 12.8. The average molecular weight is 673 g/mol. The number of ether oxygens (including phenoxy) is 1. The van der Waals surface area contributed by atoms with Gasteiger partial charge in [-0.15, -0.1) is 0 Å². The molecule has 0 aromatic rings. The van der Waals surface area contributed by atoms with Crippen LogP contribution in [-0.2, 0) is 19.1 Å². The van der Waals surface area contributed by atoms with Crippen LogP contribution in [0.3, 0.4) is 0 Å². The summed E-state index contributed by atoms with van der Waals surface area (Å²) in [6.07, 6.45) is 44.4. The number of amides is 2. The Morgan fingerprint density at radius 2 is 1.00 bits per heavy atom. The summed E-state index contributed by atoms with van der Waals surface area (Å²) in [6, 6.07) is -1.01. The molecule has 0 rings (SSSR count). The van der Waals surface area contributed by atoms with Crippen molar-refractivity contribution >= 4 is 17.8 Å². The molecule has 7 nitrogen and oxygen atoms in total. The Hall–Kier alpha value is -2.67. The molecule has 0 aromatic carbocycles. The van der Waals surface area contributed by atoms with Gasteiger partial charge in [-0.05, 0) is 77.0 Å². The third-order valence-electron chi connectivity index (χ3n) is 8.21. The van der Waals surface area contributed by atoms with Crippen molar-refractivity contribution in [3.05, 3.63) is 48.6 Å². The van der Waals surface area contributed by atoms with Crippen molar-refractivity contribution < 1.29 is 24.2 Å². The number of allylic oxidation sites excluding steroid dienone is 8. The van der Waals surface area contributed by atoms with Gasteiger partial charge >= 0.3 is 5.97 Å². The Morgan fingerprint density at radius 3 is 1.48 bits per heavy atom. The Bertz CT molecular complexity index is 880. The van der Waals surface area contributed by atoms with E-state index in [1.165, 1.54) is 64.2 Å². The Kier molecular flexibility index (Phi) is 35.1. The van der Waals surface area contributed by atoms with E-state index in [-0.39, 0.29) is 19.1 Å². The van der Waals surface area contributed by atoms with Crippen LogP contribution in [-0.4, -0.2) is 48.7 Å². The van der Waals surface area contributed by atoms with Crippen molar-refractivity contribution in [3.63, 3.8) is 0 Å². The number of esters is 1. The monoisotopic (exact) mass is 673 g/mol. The first kappa shape index (κ1) is 45.3. The van der Waals surface area contributed by atoms with Crippen LogP contribution in [0.25, 0.3) is 0 Å². The number of carbonyl (C=O) groups is 3. The smallest absolute Gasteiger partial charge is 0.330 e. The lowest BCUT2D eigenvalue weighted by molar-refractivity contribution is -0.148. The summed E-state index contributed by atoms with van der Waals surface area (Å²) in [5, 5.41) is 14.3. The van der Waals surface area contributed by atoms with Crippen LogP contribution in [0.1, 0.15) is 168 Å². The predicted octanol–water partition coefficient (Wildman–Crippen LogP) is 9.75. The number of aliphatic hydroxyl groups is 1. The van der Waals surface area contributed by atoms with E-state index in [9.17, 15) is 14.4 Å². The molecule has 0 spiro atoms. The number of rotatable bonds is 34. The predicted molar refractivity (Wildman–Crippen MR) is 202 cm³/mol. The van der Waals surface area contributed by atoms with Gasteiger partial charge in [0, 0.05) is 13.0 Å². The summed E-state index contributed by atoms with van der Waals surface area (Å²) in [5.41, 5.74) is 0. The summed E-state index contributed by atoms with van der Waals surface area (Å²) < 4.78 is 5.38. The minimum Gasteiger partial charge on any atom is -0.464 e. The molecule has 0 aliphatic rings. The molecule has 0 aliphatic carbocycles. The number of hydrogen-bond donors (Lipinski definition) is 3. The van der Waals surface area contributed by atoms with Crippen LogP contribution in [0.4, 0.5) is 0 Å². The van der Waals surface area contributed by atoms with E-state index in [4.69, 9.17) is 9.84 Å². The number of aliphatic hydroxyl groups excluding tert-OH is 1. The molecule has 48 heavy (non-hydrogen) atoms. The number of carbonyl (C=O) groups excluding carboxylic acids is 3. The zero-order chi connectivity index (χ0) is 35.2. The zero-order valence-electron chi connectivity index (χ0n) is 30.9. The maximum Gasteiger partial charge on any atom is 0.330 e. The molecule has 0 aliphatic heterocycles. The van der Waals surface area contributed by atoms with Crippen molar-refractivity contribution in [1.82, 2.24) is 10.6 Å². The number of unbranched alkanes of at least 4 members (excludes halogenated alkanes) is 17. The first-order valence-corrected chi connectivity index (χ1v) is 19.5. The lowest BCUT2D eigenvalue weighted by Crippen LogP contribution is -2.50. The average Bonchev–Trinajstić information content (AvgIpc) is 3.09. The quantitative estimate of drug-likeness (QED) is 0.0359. The molecule has 0 radical (unpaired) electrons. The summed E-state index contributed by atoms with van der Waals surface area (Å²) in [4.78, 5) is 36.7. The Balaban J connectivity index is 3.93. The van der Waals surface area contributed by atoms with Gasteiger partial charge in [-0.25, -0.2) is 4.79 Å². The molecule has 0 saturated carbocycles. The van der Waals surface area contributed by atoms with E-state index in [0.717, 1.165) is 83.5 Å². The van der Waals surface area contributed by atoms with Crippen molar-refractivity contribution in [3.8, 4) is 0 Å². The molecule has 0 fully saturated rings. The fourth-order valence-electron chi connectivity index (χ4n) is 5.20. The molecule has 1 atom stereocenters. The number of hydrogen-bond acceptors (Lipinski definition) is 5. The highest BCUT2D eigenvalue weighted by Gasteiger charge is 2.22. The largest absolute Gasteiger partial charge is 0.464 e. The molecular weight excluding hydrogens is 600 g/mol. The summed E-state index contributed by atoms with van der Waals surface area (Å²) >= 11 is 0. The second kappa shape index (κ2) is 37.2. The highest BCUT2D eigenvalue weighted by atomic mass is 16.5. The minimum absolute atomic E-state index is 0.0483. The van der Waals surface area contributed by atoms with Crippen molar-refractivity contribution in [2.45, 2.75) is 174 Å². The molecule has 0 bridgehead atoms. The maximum atomic E-state index is 12.6. The molecule has 0 aromatic heterocycles. The van der Waals surface area contributed by atoms with Crippen LogP contribution in [0.2, 0.25) is 0 Å². The minimum atomic E-state index is -1.01. The Labute approximate surface area is 294 Å². The van der Waals surface area contributed by atoms with Gasteiger partial charge in [0.15, 0.2) is 0 Å². The van der Waals surface area contributed by atoms with Gasteiger partial charge in [-0.2, -0.15) is 0 Å². The highest BCUT2D eigenvalue weighted by Crippen LogP contribution is 2.10. The van der Waals surface area contributed by atoms with Gasteiger partial charge in [-0.1, -0.05) is 133 Å². The molecule has 0 heterocycles. The van der Waals surface area contributed by atoms with Gasteiger partial charge in [-0.3, -0.25) is 9.59 Å². The van der Waals surface area contributed by atoms with Crippen LogP contribution in [0, 0.1) is 0 Å². The zero-order valence-corrected chi connectivity index (χ0v) is 30.9. The van der Waals surface area contributed by atoms with E-state index in [1.54, 1.807) is 0 Å². The lowest BCUT2D eigenvalue weighted by Gasteiger charge is -2.18. The van der Waals surface area contributed by atoms with Gasteiger partial charge < -0.3 is 20.5 Å². The summed E-state index contributed by atoms with van der Waals surface area (Å²) in [7, 11) is 0. The summed E-state index contributed by atoms with van der Waals surface area (Å²) in [5.74, 6) is -1.41. The molecule has 2 amide bonds. The molecule has 0 saturated heterocycles. The topological polar surface area (TPSA) is 105 Å².